The second-order valence-corrected chi connectivity index (χ2v) is 7.41. The molecular weight excluding hydrogens is 304 g/mol. The van der Waals surface area contributed by atoms with Gasteiger partial charge in [0, 0.05) is 39.9 Å². The van der Waals surface area contributed by atoms with Crippen LogP contribution in [0.1, 0.15) is 33.3 Å². The minimum Gasteiger partial charge on any atom is -0.244 e. The van der Waals surface area contributed by atoms with Gasteiger partial charge in [-0.3, -0.25) is 0 Å². The second-order valence-electron chi connectivity index (χ2n) is 5.82. The minimum absolute atomic E-state index is 0.0755. The van der Waals surface area contributed by atoms with E-state index in [9.17, 15) is 8.78 Å². The highest BCUT2D eigenvalue weighted by molar-refractivity contribution is 7.99. The molecule has 0 aliphatic carbocycles. The molecule has 2 rings (SSSR count). The monoisotopic (exact) mass is 321 g/mol. The smallest absolute Gasteiger partial charge is 0.135 e. The molecule has 1 aromatic carbocycles. The lowest BCUT2D eigenvalue weighted by Gasteiger charge is -2.14. The van der Waals surface area contributed by atoms with Crippen LogP contribution in [0, 0.1) is 11.6 Å². The van der Waals surface area contributed by atoms with E-state index < -0.39 is 11.6 Å². The van der Waals surface area contributed by atoms with Crippen molar-refractivity contribution >= 4 is 17.7 Å². The first-order valence-corrected chi connectivity index (χ1v) is 7.53. The molecule has 0 N–H and O–H groups in total. The maximum Gasteiger partial charge on any atom is 0.135 e. The molecule has 0 aliphatic rings. The lowest BCUT2D eigenvalue weighted by atomic mass is 10.0. The molecule has 0 fully saturated rings. The summed E-state index contributed by atoms with van der Waals surface area (Å²) >= 11 is 1.35. The van der Waals surface area contributed by atoms with Crippen LogP contribution in [0.3, 0.4) is 0 Å². The summed E-state index contributed by atoms with van der Waals surface area (Å²) in [5.74, 6) is -1.28. The van der Waals surface area contributed by atoms with Crippen LogP contribution in [0.4, 0.5) is 8.78 Å². The van der Waals surface area contributed by atoms with Gasteiger partial charge in [-0.2, -0.15) is 0 Å². The number of aromatic nitrogens is 2. The van der Waals surface area contributed by atoms with Crippen molar-refractivity contribution in [3.05, 3.63) is 48.1 Å². The number of halogens is 2. The van der Waals surface area contributed by atoms with E-state index in [4.69, 9.17) is 0 Å². The second kappa shape index (κ2) is 6.52. The predicted molar refractivity (Wildman–Crippen MR) is 86.9 cm³/mol. The number of rotatable bonds is 3. The van der Waals surface area contributed by atoms with Gasteiger partial charge in [-0.05, 0) is 45.7 Å². The van der Waals surface area contributed by atoms with Crippen LogP contribution >= 0.6 is 11.9 Å². The zero-order valence-corrected chi connectivity index (χ0v) is 13.7. The van der Waals surface area contributed by atoms with Crippen molar-refractivity contribution < 1.29 is 8.78 Å². The summed E-state index contributed by atoms with van der Waals surface area (Å²) < 4.78 is 32.3. The fraction of sp³-hybridized carbons (Fsp3) is 0.312. The lowest BCUT2D eigenvalue weighted by molar-refractivity contribution is 0.584. The van der Waals surface area contributed by atoms with Gasteiger partial charge in [0.2, 0.25) is 0 Å². The number of hydrogen-bond acceptors (Lipinski definition) is 4. The minimum atomic E-state index is -0.646. The van der Waals surface area contributed by atoms with Crippen LogP contribution in [0.25, 0.3) is 11.1 Å². The summed E-state index contributed by atoms with van der Waals surface area (Å²) in [5.41, 5.74) is 1.54. The molecule has 22 heavy (non-hydrogen) atoms. The first-order valence-electron chi connectivity index (χ1n) is 6.75. The highest BCUT2D eigenvalue weighted by Gasteiger charge is 2.15. The molecular formula is C16H17F2N3S. The van der Waals surface area contributed by atoms with Crippen LogP contribution in [-0.2, 0) is 0 Å². The summed E-state index contributed by atoms with van der Waals surface area (Å²) in [5, 5.41) is 0. The standard InChI is InChI=1S/C16H17F2N3S/c1-10(21-22-16(2,3)4)12-5-13(15(18)6-14(12)17)11-7-19-9-20-8-11/h5-9H,1-4H3. The fourth-order valence-electron chi connectivity index (χ4n) is 1.74. The molecule has 0 bridgehead atoms. The first-order chi connectivity index (χ1) is 10.3. The van der Waals surface area contributed by atoms with E-state index in [2.05, 4.69) is 14.4 Å². The molecule has 6 heteroatoms. The Morgan fingerprint density at radius 2 is 1.73 bits per heavy atom. The predicted octanol–water partition coefficient (Wildman–Crippen LogP) is 4.68. The molecule has 0 amide bonds. The molecule has 0 unspecified atom stereocenters. The van der Waals surface area contributed by atoms with Crippen molar-refractivity contribution in [1.29, 1.82) is 0 Å². The van der Waals surface area contributed by atoms with Crippen molar-refractivity contribution in [2.75, 3.05) is 0 Å². The van der Waals surface area contributed by atoms with Crippen LogP contribution in [-0.4, -0.2) is 20.4 Å². The van der Waals surface area contributed by atoms with E-state index in [0.717, 1.165) is 6.07 Å². The van der Waals surface area contributed by atoms with E-state index in [-0.39, 0.29) is 15.9 Å². The summed E-state index contributed by atoms with van der Waals surface area (Å²) in [6, 6.07) is 2.32. The van der Waals surface area contributed by atoms with Gasteiger partial charge in [-0.25, -0.2) is 23.1 Å². The van der Waals surface area contributed by atoms with E-state index >= 15 is 0 Å². The maximum atomic E-state index is 14.1. The topological polar surface area (TPSA) is 38.1 Å². The summed E-state index contributed by atoms with van der Waals surface area (Å²) in [6.45, 7) is 7.76. The van der Waals surface area contributed by atoms with Gasteiger partial charge in [0.25, 0.3) is 0 Å². The third kappa shape index (κ3) is 4.10. The molecule has 0 aliphatic heterocycles. The highest BCUT2D eigenvalue weighted by Crippen LogP contribution is 2.28. The molecule has 3 nitrogen and oxygen atoms in total. The zero-order valence-electron chi connectivity index (χ0n) is 12.9. The third-order valence-corrected chi connectivity index (χ3v) is 3.69. The van der Waals surface area contributed by atoms with Crippen LogP contribution in [0.2, 0.25) is 0 Å². The number of benzene rings is 1. The third-order valence-electron chi connectivity index (χ3n) is 2.77. The van der Waals surface area contributed by atoms with Gasteiger partial charge < -0.3 is 0 Å². The Morgan fingerprint density at radius 3 is 2.32 bits per heavy atom. The van der Waals surface area contributed by atoms with Crippen LogP contribution in [0.15, 0.2) is 35.3 Å². The largest absolute Gasteiger partial charge is 0.244 e. The SMILES string of the molecule is CC(=NSC(C)(C)C)c1cc(-c2cncnc2)c(F)cc1F. The van der Waals surface area contributed by atoms with E-state index in [1.165, 1.54) is 36.7 Å². The zero-order chi connectivity index (χ0) is 16.3. The summed E-state index contributed by atoms with van der Waals surface area (Å²) in [6.07, 6.45) is 4.34. The fourth-order valence-corrected chi connectivity index (χ4v) is 2.25. The van der Waals surface area contributed by atoms with Crippen molar-refractivity contribution in [3.8, 4) is 11.1 Å². The Balaban J connectivity index is 2.45. The molecule has 0 radical (unpaired) electrons. The van der Waals surface area contributed by atoms with Gasteiger partial charge in [0.15, 0.2) is 0 Å². The van der Waals surface area contributed by atoms with Crippen LogP contribution in [0.5, 0.6) is 0 Å². The van der Waals surface area contributed by atoms with Gasteiger partial charge >= 0.3 is 0 Å². The van der Waals surface area contributed by atoms with Crippen molar-refractivity contribution in [1.82, 2.24) is 9.97 Å². The van der Waals surface area contributed by atoms with Gasteiger partial charge in [0.1, 0.15) is 18.0 Å². The Kier molecular flexibility index (Phi) is 4.90. The van der Waals surface area contributed by atoms with Crippen molar-refractivity contribution in [3.63, 3.8) is 0 Å². The molecule has 0 spiro atoms. The van der Waals surface area contributed by atoms with E-state index in [1.807, 2.05) is 20.8 Å². The molecule has 0 saturated carbocycles. The molecule has 0 saturated heterocycles. The first kappa shape index (κ1) is 16.5. The lowest BCUT2D eigenvalue weighted by Crippen LogP contribution is -2.07. The Bertz CT molecular complexity index is 695. The molecule has 0 atom stereocenters. The summed E-state index contributed by atoms with van der Waals surface area (Å²) in [7, 11) is 0. The van der Waals surface area contributed by atoms with Crippen molar-refractivity contribution in [2.24, 2.45) is 4.40 Å². The molecule has 1 heterocycles. The van der Waals surface area contributed by atoms with Gasteiger partial charge in [0.05, 0.1) is 5.71 Å². The van der Waals surface area contributed by atoms with E-state index in [1.54, 1.807) is 6.92 Å². The molecule has 2 aromatic rings. The van der Waals surface area contributed by atoms with Gasteiger partial charge in [-0.1, -0.05) is 0 Å². The molecule has 1 aromatic heterocycles. The Hall–Kier alpha value is -1.82. The maximum absolute atomic E-state index is 14.1. The quantitative estimate of drug-likeness (QED) is 0.608. The number of hydrogen-bond donors (Lipinski definition) is 0. The summed E-state index contributed by atoms with van der Waals surface area (Å²) in [4.78, 5) is 7.72. The normalized spacial score (nSPS) is 12.5. The Morgan fingerprint density at radius 1 is 1.09 bits per heavy atom. The Labute approximate surface area is 133 Å². The molecule has 116 valence electrons. The van der Waals surface area contributed by atoms with Crippen LogP contribution < -0.4 is 0 Å². The average Bonchev–Trinajstić information content (AvgIpc) is 2.45. The van der Waals surface area contributed by atoms with E-state index in [0.29, 0.717) is 11.3 Å². The van der Waals surface area contributed by atoms with Crippen molar-refractivity contribution in [2.45, 2.75) is 32.4 Å². The number of nitrogens with zero attached hydrogens (tertiary/aromatic N) is 3. The average molecular weight is 321 g/mol. The highest BCUT2D eigenvalue weighted by atomic mass is 32.2. The van der Waals surface area contributed by atoms with Gasteiger partial charge in [-0.15, -0.1) is 0 Å².